The number of halogens is 2. The molecule has 0 aromatic heterocycles. The summed E-state index contributed by atoms with van der Waals surface area (Å²) in [6, 6.07) is 11.3. The van der Waals surface area contributed by atoms with Gasteiger partial charge in [0.25, 0.3) is 5.91 Å². The van der Waals surface area contributed by atoms with Crippen molar-refractivity contribution < 1.29 is 14.1 Å². The molecule has 3 rings (SSSR count). The van der Waals surface area contributed by atoms with Gasteiger partial charge in [-0.25, -0.2) is 4.39 Å². The van der Waals surface area contributed by atoms with Crippen LogP contribution in [-0.4, -0.2) is 38.6 Å². The van der Waals surface area contributed by atoms with E-state index in [0.29, 0.717) is 10.7 Å². The lowest BCUT2D eigenvalue weighted by Crippen LogP contribution is -3.14. The Hall–Kier alpha value is -2.11. The summed E-state index contributed by atoms with van der Waals surface area (Å²) >= 11 is 6.42. The highest BCUT2D eigenvalue weighted by atomic mass is 35.5. The van der Waals surface area contributed by atoms with E-state index in [4.69, 9.17) is 11.6 Å². The van der Waals surface area contributed by atoms with Crippen LogP contribution in [0.1, 0.15) is 17.3 Å². The van der Waals surface area contributed by atoms with Gasteiger partial charge in [-0.3, -0.25) is 4.79 Å². The normalized spacial score (nSPS) is 15.2. The highest BCUT2D eigenvalue weighted by Gasteiger charge is 2.20. The van der Waals surface area contributed by atoms with Gasteiger partial charge >= 0.3 is 0 Å². The first kappa shape index (κ1) is 17.7. The summed E-state index contributed by atoms with van der Waals surface area (Å²) in [6.45, 7) is 7.46. The topological polar surface area (TPSA) is 36.8 Å². The molecule has 25 heavy (non-hydrogen) atoms. The maximum atomic E-state index is 13.7. The zero-order valence-electron chi connectivity index (χ0n) is 14.2. The Balaban J connectivity index is 1.70. The van der Waals surface area contributed by atoms with Crippen LogP contribution in [0.4, 0.5) is 15.8 Å². The van der Waals surface area contributed by atoms with Crippen LogP contribution in [-0.2, 0) is 0 Å². The Morgan fingerprint density at radius 1 is 1.24 bits per heavy atom. The molecule has 0 radical (unpaired) electrons. The van der Waals surface area contributed by atoms with Crippen LogP contribution in [0, 0.1) is 5.82 Å². The maximum Gasteiger partial charge on any atom is 0.258 e. The van der Waals surface area contributed by atoms with Crippen LogP contribution in [0.15, 0.2) is 42.5 Å². The van der Waals surface area contributed by atoms with E-state index in [1.54, 1.807) is 29.2 Å². The van der Waals surface area contributed by atoms with Crippen molar-refractivity contribution in [2.75, 3.05) is 42.9 Å². The summed E-state index contributed by atoms with van der Waals surface area (Å²) in [4.78, 5) is 16.1. The molecule has 4 nitrogen and oxygen atoms in total. The summed E-state index contributed by atoms with van der Waals surface area (Å²) in [5, 5.41) is 3.29. The molecule has 0 aliphatic carbocycles. The molecule has 1 amide bonds. The number of rotatable bonds is 4. The largest absolute Gasteiger partial charge is 0.359 e. The quantitative estimate of drug-likeness (QED) is 0.876. The second kappa shape index (κ2) is 7.85. The highest BCUT2D eigenvalue weighted by Crippen LogP contribution is 2.29. The Labute approximate surface area is 152 Å². The van der Waals surface area contributed by atoms with Gasteiger partial charge in [-0.15, -0.1) is 0 Å². The molecule has 0 saturated carbocycles. The fourth-order valence-corrected chi connectivity index (χ4v) is 3.40. The number of nitrogens with zero attached hydrogens (tertiary/aromatic N) is 1. The number of amides is 1. The molecule has 0 bridgehead atoms. The molecule has 1 aliphatic heterocycles. The summed E-state index contributed by atoms with van der Waals surface area (Å²) in [5.74, 6) is -1.03. The zero-order chi connectivity index (χ0) is 17.8. The number of carbonyl (C=O) groups is 1. The average Bonchev–Trinajstić information content (AvgIpc) is 2.62. The number of carbonyl (C=O) groups excluding carboxylic acids is 1. The molecule has 6 heteroatoms. The van der Waals surface area contributed by atoms with E-state index in [9.17, 15) is 9.18 Å². The van der Waals surface area contributed by atoms with Crippen molar-refractivity contribution in [2.45, 2.75) is 6.92 Å². The number of quaternary nitrogens is 1. The Morgan fingerprint density at radius 2 is 1.96 bits per heavy atom. The Morgan fingerprint density at radius 3 is 2.60 bits per heavy atom. The monoisotopic (exact) mass is 362 g/mol. The van der Waals surface area contributed by atoms with Gasteiger partial charge in [-0.1, -0.05) is 23.7 Å². The van der Waals surface area contributed by atoms with Gasteiger partial charge in [0.1, 0.15) is 5.82 Å². The van der Waals surface area contributed by atoms with Crippen LogP contribution >= 0.6 is 11.6 Å². The van der Waals surface area contributed by atoms with Gasteiger partial charge < -0.3 is 15.1 Å². The minimum Gasteiger partial charge on any atom is -0.359 e. The van der Waals surface area contributed by atoms with E-state index in [2.05, 4.69) is 17.1 Å². The van der Waals surface area contributed by atoms with Gasteiger partial charge in [-0.2, -0.15) is 0 Å². The molecule has 0 unspecified atom stereocenters. The molecule has 0 atom stereocenters. The van der Waals surface area contributed by atoms with Gasteiger partial charge in [0, 0.05) is 5.69 Å². The molecule has 132 valence electrons. The van der Waals surface area contributed by atoms with E-state index >= 15 is 0 Å². The second-order valence-electron chi connectivity index (χ2n) is 6.19. The van der Waals surface area contributed by atoms with E-state index in [0.717, 1.165) is 38.4 Å². The molecule has 2 N–H and O–H groups in total. The number of hydrogen-bond donors (Lipinski definition) is 2. The van der Waals surface area contributed by atoms with E-state index < -0.39 is 11.7 Å². The second-order valence-corrected chi connectivity index (χ2v) is 6.60. The van der Waals surface area contributed by atoms with Crippen molar-refractivity contribution in [1.29, 1.82) is 0 Å². The van der Waals surface area contributed by atoms with E-state index in [1.807, 2.05) is 6.07 Å². The number of piperazine rings is 1. The van der Waals surface area contributed by atoms with Crippen molar-refractivity contribution in [3.63, 3.8) is 0 Å². The van der Waals surface area contributed by atoms with Crippen LogP contribution in [0.3, 0.4) is 0 Å². The summed E-state index contributed by atoms with van der Waals surface area (Å²) in [7, 11) is 0. The number of benzene rings is 2. The first-order valence-electron chi connectivity index (χ1n) is 8.52. The lowest BCUT2D eigenvalue weighted by Gasteiger charge is -2.33. The summed E-state index contributed by atoms with van der Waals surface area (Å²) < 4.78 is 13.7. The minimum absolute atomic E-state index is 0.0151. The van der Waals surface area contributed by atoms with E-state index in [1.165, 1.54) is 12.1 Å². The van der Waals surface area contributed by atoms with Crippen LogP contribution in [0.5, 0.6) is 0 Å². The molecular weight excluding hydrogens is 341 g/mol. The van der Waals surface area contributed by atoms with Crippen molar-refractivity contribution in [1.82, 2.24) is 0 Å². The average molecular weight is 363 g/mol. The molecule has 1 saturated heterocycles. The third-order valence-corrected chi connectivity index (χ3v) is 4.94. The predicted molar refractivity (Wildman–Crippen MR) is 99.3 cm³/mol. The van der Waals surface area contributed by atoms with Crippen LogP contribution in [0.2, 0.25) is 5.02 Å². The molecule has 1 fully saturated rings. The van der Waals surface area contributed by atoms with E-state index in [-0.39, 0.29) is 5.56 Å². The van der Waals surface area contributed by atoms with Crippen LogP contribution < -0.4 is 15.1 Å². The summed E-state index contributed by atoms with van der Waals surface area (Å²) in [6.07, 6.45) is 0. The highest BCUT2D eigenvalue weighted by molar-refractivity contribution is 6.33. The molecule has 2 aromatic carbocycles. The number of hydrogen-bond acceptors (Lipinski definition) is 2. The number of nitrogens with one attached hydrogen (secondary N) is 2. The molecule has 0 spiro atoms. The standard InChI is InChI=1S/C19H21ClFN3O/c1-2-23-9-11-24(12-10-23)18-8-7-14(13-16(18)20)22-19(25)15-5-3-4-6-17(15)21/h3-8,13H,2,9-12H2,1H3,(H,22,25)/p+1. The van der Waals surface area contributed by atoms with Crippen molar-refractivity contribution >= 4 is 28.9 Å². The van der Waals surface area contributed by atoms with Crippen LogP contribution in [0.25, 0.3) is 0 Å². The fourth-order valence-electron chi connectivity index (χ4n) is 3.10. The third kappa shape index (κ3) is 4.11. The van der Waals surface area contributed by atoms with Gasteiger partial charge in [0.2, 0.25) is 0 Å². The first-order chi connectivity index (χ1) is 12.1. The van der Waals surface area contributed by atoms with Crippen molar-refractivity contribution in [3.8, 4) is 0 Å². The first-order valence-corrected chi connectivity index (χ1v) is 8.90. The minimum atomic E-state index is -0.543. The molecular formula is C19H22ClFN3O+. The predicted octanol–water partition coefficient (Wildman–Crippen LogP) is 2.46. The number of likely N-dealkylation sites (N-methyl/N-ethyl adjacent to an activating group) is 1. The van der Waals surface area contributed by atoms with Gasteiger partial charge in [-0.05, 0) is 37.3 Å². The fraction of sp³-hybridized carbons (Fsp3) is 0.316. The van der Waals surface area contributed by atoms with Crippen molar-refractivity contribution in [2.24, 2.45) is 0 Å². The molecule has 2 aromatic rings. The maximum absolute atomic E-state index is 13.7. The SMILES string of the molecule is CC[NH+]1CCN(c2ccc(NC(=O)c3ccccc3F)cc2Cl)CC1. The lowest BCUT2D eigenvalue weighted by molar-refractivity contribution is -0.898. The zero-order valence-corrected chi connectivity index (χ0v) is 14.9. The van der Waals surface area contributed by atoms with Gasteiger partial charge in [0.05, 0.1) is 49.0 Å². The summed E-state index contributed by atoms with van der Waals surface area (Å²) in [5.41, 5.74) is 1.54. The smallest absolute Gasteiger partial charge is 0.258 e. The lowest BCUT2D eigenvalue weighted by atomic mass is 10.2. The Bertz CT molecular complexity index is 760. The third-order valence-electron chi connectivity index (χ3n) is 4.64. The molecule has 1 heterocycles. The molecule has 1 aliphatic rings. The van der Waals surface area contributed by atoms with Gasteiger partial charge in [0.15, 0.2) is 0 Å². The Kier molecular flexibility index (Phi) is 5.56. The number of anilines is 2. The van der Waals surface area contributed by atoms with Crippen molar-refractivity contribution in [3.05, 3.63) is 58.9 Å².